The van der Waals surface area contributed by atoms with Crippen molar-refractivity contribution in [3.05, 3.63) is 0 Å². The number of methoxy groups -OCH3 is 1. The van der Waals surface area contributed by atoms with Crippen molar-refractivity contribution in [2.45, 2.75) is 45.0 Å². The molecule has 0 aliphatic heterocycles. The van der Waals surface area contributed by atoms with Gasteiger partial charge in [-0.3, -0.25) is 0 Å². The fraction of sp³-hybridized carbons (Fsp3) is 0.667. The van der Waals surface area contributed by atoms with Crippen LogP contribution in [0.15, 0.2) is 0 Å². The van der Waals surface area contributed by atoms with Crippen molar-refractivity contribution in [3.63, 3.8) is 0 Å². The molecule has 0 saturated heterocycles. The molecule has 0 saturated carbocycles. The van der Waals surface area contributed by atoms with Crippen LogP contribution in [0.3, 0.4) is 0 Å². The van der Waals surface area contributed by atoms with Crippen LogP contribution in [0.1, 0.15) is 20.8 Å². The second kappa shape index (κ2) is 6.71. The van der Waals surface area contributed by atoms with Crippen molar-refractivity contribution >= 4 is 8.07 Å². The summed E-state index contributed by atoms with van der Waals surface area (Å²) in [6.07, 6.45) is 4.95. The summed E-state index contributed by atoms with van der Waals surface area (Å²) in [6, 6.07) is 3.61. The van der Waals surface area contributed by atoms with E-state index in [0.717, 1.165) is 0 Å². The van der Waals surface area contributed by atoms with E-state index in [1.165, 1.54) is 18.1 Å². The van der Waals surface area contributed by atoms with Gasteiger partial charge in [0, 0.05) is 7.11 Å². The maximum absolute atomic E-state index is 5.27. The maximum atomic E-state index is 5.27. The molecule has 0 aliphatic carbocycles. The molecule has 0 bridgehead atoms. The largest absolute Gasteiger partial charge is 0.357 e. The topological polar surface area (TPSA) is 9.23 Å². The lowest BCUT2D eigenvalue weighted by Crippen LogP contribution is -2.29. The minimum atomic E-state index is -1.35. The van der Waals surface area contributed by atoms with E-state index in [2.05, 4.69) is 38.2 Å². The smallest absolute Gasteiger partial charge is 0.178 e. The van der Waals surface area contributed by atoms with Gasteiger partial charge in [0.1, 0.15) is 8.07 Å². The van der Waals surface area contributed by atoms with Crippen LogP contribution in [0.2, 0.25) is 18.1 Å². The highest BCUT2D eigenvalue weighted by molar-refractivity contribution is 6.87. The Kier molecular flexibility index (Phi) is 6.37. The zero-order valence-electron chi connectivity index (χ0n) is 9.68. The lowest BCUT2D eigenvalue weighted by atomic mass is 10.4. The van der Waals surface area contributed by atoms with Crippen LogP contribution in [0, 0.1) is 23.8 Å². The Morgan fingerprint density at radius 2 is 1.71 bits per heavy atom. The third-order valence-electron chi connectivity index (χ3n) is 2.89. The average molecular weight is 208 g/mol. The average Bonchev–Trinajstić information content (AvgIpc) is 2.26. The molecule has 2 heteroatoms. The van der Waals surface area contributed by atoms with E-state index >= 15 is 0 Å². The minimum absolute atomic E-state index is 0.327. The molecule has 0 heterocycles. The zero-order valence-corrected chi connectivity index (χ0v) is 10.7. The quantitative estimate of drug-likeness (QED) is 0.510. The first-order chi connectivity index (χ1) is 6.67. The molecule has 0 spiro atoms. The van der Waals surface area contributed by atoms with Crippen LogP contribution >= 0.6 is 0 Å². The van der Waals surface area contributed by atoms with E-state index < -0.39 is 8.07 Å². The highest BCUT2D eigenvalue weighted by Gasteiger charge is 2.24. The molecule has 0 N–H and O–H groups in total. The van der Waals surface area contributed by atoms with Gasteiger partial charge in [-0.2, -0.15) is 0 Å². The molecule has 1 nitrogen and oxygen atoms in total. The van der Waals surface area contributed by atoms with Crippen LogP contribution < -0.4 is 0 Å². The summed E-state index contributed by atoms with van der Waals surface area (Å²) < 4.78 is 5.04. The highest BCUT2D eigenvalue weighted by Crippen LogP contribution is 2.18. The van der Waals surface area contributed by atoms with Gasteiger partial charge in [-0.05, 0) is 18.1 Å². The highest BCUT2D eigenvalue weighted by atomic mass is 28.3. The Morgan fingerprint density at radius 1 is 1.21 bits per heavy atom. The number of terminal acetylenes is 1. The minimum Gasteiger partial charge on any atom is -0.357 e. The Morgan fingerprint density at radius 3 is 2.00 bits per heavy atom. The predicted molar refractivity (Wildman–Crippen MR) is 64.6 cm³/mol. The maximum Gasteiger partial charge on any atom is 0.178 e. The molecule has 0 aliphatic rings. The summed E-state index contributed by atoms with van der Waals surface area (Å²) >= 11 is 0. The zero-order chi connectivity index (χ0) is 11.0. The van der Waals surface area contributed by atoms with Crippen LogP contribution in [-0.4, -0.2) is 21.3 Å². The summed E-state index contributed by atoms with van der Waals surface area (Å²) in [7, 11) is 0.254. The van der Waals surface area contributed by atoms with E-state index in [0.29, 0.717) is 0 Å². The first-order valence-electron chi connectivity index (χ1n) is 5.19. The molecule has 0 aromatic carbocycles. The van der Waals surface area contributed by atoms with Gasteiger partial charge in [-0.1, -0.05) is 32.6 Å². The van der Waals surface area contributed by atoms with E-state index in [-0.39, 0.29) is 6.10 Å². The number of hydrogen-bond donors (Lipinski definition) is 0. The molecular formula is C12H20OSi. The van der Waals surface area contributed by atoms with Crippen LogP contribution in [0.25, 0.3) is 0 Å². The lowest BCUT2D eigenvalue weighted by Gasteiger charge is -2.20. The Balaban J connectivity index is 4.65. The summed E-state index contributed by atoms with van der Waals surface area (Å²) in [4.78, 5) is 0. The lowest BCUT2D eigenvalue weighted by molar-refractivity contribution is 0.191. The molecule has 0 radical (unpaired) electrons. The molecule has 78 valence electrons. The van der Waals surface area contributed by atoms with Gasteiger partial charge < -0.3 is 4.74 Å². The van der Waals surface area contributed by atoms with E-state index in [1.807, 2.05) is 0 Å². The Bertz CT molecular complexity index is 241. The van der Waals surface area contributed by atoms with Crippen molar-refractivity contribution < 1.29 is 4.74 Å². The first-order valence-corrected chi connectivity index (χ1v) is 7.81. The van der Waals surface area contributed by atoms with Gasteiger partial charge in [-0.25, -0.2) is 0 Å². The number of rotatable bonds is 4. The Hall–Kier alpha value is -0.703. The molecule has 1 atom stereocenters. The second-order valence-corrected chi connectivity index (χ2v) is 8.32. The monoisotopic (exact) mass is 208 g/mol. The standard InChI is InChI=1S/C12H20OSi/c1-6-12(13-5)10-11-14(7-2,8-3)9-4/h1,12H,7-9H2,2-5H3/t12-/m1/s1. The fourth-order valence-corrected chi connectivity index (χ4v) is 3.87. The molecule has 0 amide bonds. The summed E-state index contributed by atoms with van der Waals surface area (Å²) in [5, 5.41) is 0. The normalized spacial score (nSPS) is 12.5. The number of ether oxygens (including phenoxy) is 1. The van der Waals surface area contributed by atoms with Crippen molar-refractivity contribution in [2.75, 3.05) is 7.11 Å². The van der Waals surface area contributed by atoms with Gasteiger partial charge in [-0.15, -0.1) is 12.0 Å². The third-order valence-corrected chi connectivity index (χ3v) is 7.62. The van der Waals surface area contributed by atoms with Gasteiger partial charge in [0.15, 0.2) is 6.10 Å². The van der Waals surface area contributed by atoms with Crippen LogP contribution in [0.5, 0.6) is 0 Å². The fourth-order valence-electron chi connectivity index (χ4n) is 1.40. The van der Waals surface area contributed by atoms with E-state index in [1.54, 1.807) is 7.11 Å². The van der Waals surface area contributed by atoms with Crippen molar-refractivity contribution in [3.8, 4) is 23.8 Å². The van der Waals surface area contributed by atoms with Gasteiger partial charge >= 0.3 is 0 Å². The molecule has 0 unspecified atom stereocenters. The van der Waals surface area contributed by atoms with E-state index in [4.69, 9.17) is 11.2 Å². The van der Waals surface area contributed by atoms with Gasteiger partial charge in [0.25, 0.3) is 0 Å². The SMILES string of the molecule is C#C[C@H](C#C[Si](CC)(CC)CC)OC. The van der Waals surface area contributed by atoms with Crippen LogP contribution in [-0.2, 0) is 4.74 Å². The molecule has 14 heavy (non-hydrogen) atoms. The van der Waals surface area contributed by atoms with Crippen molar-refractivity contribution in [1.29, 1.82) is 0 Å². The Labute approximate surface area is 89.2 Å². The third kappa shape index (κ3) is 3.58. The summed E-state index contributed by atoms with van der Waals surface area (Å²) in [5.74, 6) is 5.59. The van der Waals surface area contributed by atoms with Crippen molar-refractivity contribution in [1.82, 2.24) is 0 Å². The molecule has 0 fully saturated rings. The summed E-state index contributed by atoms with van der Waals surface area (Å²) in [5.41, 5.74) is 3.41. The van der Waals surface area contributed by atoms with Crippen molar-refractivity contribution in [2.24, 2.45) is 0 Å². The molecule has 0 aromatic heterocycles. The van der Waals surface area contributed by atoms with Crippen LogP contribution in [0.4, 0.5) is 0 Å². The second-order valence-electron chi connectivity index (χ2n) is 3.39. The number of hydrogen-bond acceptors (Lipinski definition) is 1. The molecular weight excluding hydrogens is 188 g/mol. The van der Waals surface area contributed by atoms with Gasteiger partial charge in [0.2, 0.25) is 0 Å². The van der Waals surface area contributed by atoms with E-state index in [9.17, 15) is 0 Å². The van der Waals surface area contributed by atoms with Gasteiger partial charge in [0.05, 0.1) is 0 Å². The first kappa shape index (κ1) is 13.3. The predicted octanol–water partition coefficient (Wildman–Crippen LogP) is 2.69. The summed E-state index contributed by atoms with van der Waals surface area (Å²) in [6.45, 7) is 6.68. The molecule has 0 rings (SSSR count). The molecule has 0 aromatic rings.